The molecular weight excluding hydrogens is 220 g/mol. The number of aliphatic hydroxyl groups is 1. The van der Waals surface area contributed by atoms with Crippen LogP contribution in [-0.2, 0) is 14.3 Å². The minimum absolute atomic E-state index is 0.141. The average molecular weight is 240 g/mol. The highest BCUT2D eigenvalue weighted by atomic mass is 16.5. The van der Waals surface area contributed by atoms with E-state index in [0.29, 0.717) is 19.3 Å². The Hall–Kier alpha value is -0.900. The summed E-state index contributed by atoms with van der Waals surface area (Å²) < 4.78 is 4.73. The molecule has 17 heavy (non-hydrogen) atoms. The first-order chi connectivity index (χ1) is 8.02. The first kappa shape index (κ1) is 12.6. The summed E-state index contributed by atoms with van der Waals surface area (Å²) in [6.45, 7) is 2.03. The Kier molecular flexibility index (Phi) is 3.25. The van der Waals surface area contributed by atoms with Gasteiger partial charge in [0.25, 0.3) is 0 Å². The van der Waals surface area contributed by atoms with Gasteiger partial charge in [-0.15, -0.1) is 0 Å². The summed E-state index contributed by atoms with van der Waals surface area (Å²) in [6, 6.07) is 0. The molecule has 2 fully saturated rings. The van der Waals surface area contributed by atoms with Crippen LogP contribution in [-0.4, -0.2) is 29.6 Å². The van der Waals surface area contributed by atoms with E-state index in [1.54, 1.807) is 0 Å². The second-order valence-electron chi connectivity index (χ2n) is 5.35. The molecule has 0 radical (unpaired) electrons. The van der Waals surface area contributed by atoms with Gasteiger partial charge in [-0.1, -0.05) is 13.3 Å². The summed E-state index contributed by atoms with van der Waals surface area (Å²) in [5.74, 6) is -0.499. The number of fused-ring (bicyclic) bond motifs is 1. The van der Waals surface area contributed by atoms with Crippen molar-refractivity contribution in [2.45, 2.75) is 44.6 Å². The molecule has 0 aromatic rings. The van der Waals surface area contributed by atoms with Crippen LogP contribution in [0.3, 0.4) is 0 Å². The number of carbonyl (C=O) groups is 2. The molecule has 0 heterocycles. The van der Waals surface area contributed by atoms with E-state index in [1.807, 2.05) is 6.92 Å². The molecule has 0 amide bonds. The van der Waals surface area contributed by atoms with Crippen molar-refractivity contribution in [3.63, 3.8) is 0 Å². The van der Waals surface area contributed by atoms with Crippen LogP contribution in [0.25, 0.3) is 0 Å². The van der Waals surface area contributed by atoms with Crippen LogP contribution in [0.4, 0.5) is 0 Å². The van der Waals surface area contributed by atoms with Crippen molar-refractivity contribution in [2.24, 2.45) is 17.8 Å². The second-order valence-corrected chi connectivity index (χ2v) is 5.35. The van der Waals surface area contributed by atoms with Crippen molar-refractivity contribution >= 4 is 11.8 Å². The van der Waals surface area contributed by atoms with Crippen molar-refractivity contribution < 1.29 is 19.4 Å². The maximum atomic E-state index is 11.8. The number of ketones is 1. The summed E-state index contributed by atoms with van der Waals surface area (Å²) >= 11 is 0. The number of ether oxygens (including phenoxy) is 1. The van der Waals surface area contributed by atoms with E-state index < -0.39 is 11.6 Å². The van der Waals surface area contributed by atoms with Gasteiger partial charge in [0.1, 0.15) is 5.78 Å². The van der Waals surface area contributed by atoms with Gasteiger partial charge < -0.3 is 9.84 Å². The van der Waals surface area contributed by atoms with Crippen LogP contribution in [0.2, 0.25) is 0 Å². The molecule has 0 aromatic heterocycles. The lowest BCUT2D eigenvalue weighted by Crippen LogP contribution is -2.53. The number of hydrogen-bond donors (Lipinski definition) is 1. The zero-order valence-corrected chi connectivity index (χ0v) is 10.4. The third kappa shape index (κ3) is 1.88. The molecule has 0 unspecified atom stereocenters. The van der Waals surface area contributed by atoms with Crippen molar-refractivity contribution in [3.05, 3.63) is 0 Å². The van der Waals surface area contributed by atoms with Crippen LogP contribution >= 0.6 is 0 Å². The Morgan fingerprint density at radius 1 is 1.59 bits per heavy atom. The molecule has 1 N–H and O–H groups in total. The molecule has 4 nitrogen and oxygen atoms in total. The fourth-order valence-corrected chi connectivity index (χ4v) is 3.53. The van der Waals surface area contributed by atoms with Crippen molar-refractivity contribution in [3.8, 4) is 0 Å². The number of esters is 1. The summed E-state index contributed by atoms with van der Waals surface area (Å²) in [6.07, 6.45) is 3.25. The third-order valence-electron chi connectivity index (χ3n) is 4.52. The van der Waals surface area contributed by atoms with Gasteiger partial charge in [-0.3, -0.25) is 4.79 Å². The summed E-state index contributed by atoms with van der Waals surface area (Å²) in [5, 5.41) is 10.6. The Balaban J connectivity index is 2.30. The van der Waals surface area contributed by atoms with Gasteiger partial charge in [-0.2, -0.15) is 0 Å². The fraction of sp³-hybridized carbons (Fsp3) is 0.846. The average Bonchev–Trinajstić information content (AvgIpc) is 2.70. The lowest BCUT2D eigenvalue weighted by molar-refractivity contribution is -0.179. The Morgan fingerprint density at radius 3 is 2.88 bits per heavy atom. The zero-order chi connectivity index (χ0) is 12.6. The van der Waals surface area contributed by atoms with Gasteiger partial charge in [0, 0.05) is 18.3 Å². The van der Waals surface area contributed by atoms with Gasteiger partial charge in [-0.05, 0) is 25.2 Å². The predicted molar refractivity (Wildman–Crippen MR) is 61.2 cm³/mol. The molecular formula is C13H20O4. The van der Waals surface area contributed by atoms with E-state index in [4.69, 9.17) is 4.74 Å². The first-order valence-corrected chi connectivity index (χ1v) is 6.36. The lowest BCUT2D eigenvalue weighted by Gasteiger charge is -2.42. The summed E-state index contributed by atoms with van der Waals surface area (Å²) in [7, 11) is 1.29. The van der Waals surface area contributed by atoms with Crippen molar-refractivity contribution in [1.82, 2.24) is 0 Å². The molecule has 0 aliphatic heterocycles. The van der Waals surface area contributed by atoms with Crippen LogP contribution in [0, 0.1) is 17.8 Å². The van der Waals surface area contributed by atoms with E-state index in [2.05, 4.69) is 0 Å². The molecule has 0 aromatic carbocycles. The smallest absolute Gasteiger partial charge is 0.338 e. The normalized spacial score (nSPS) is 41.1. The van der Waals surface area contributed by atoms with E-state index in [9.17, 15) is 14.7 Å². The minimum atomic E-state index is -1.44. The third-order valence-corrected chi connectivity index (χ3v) is 4.52. The van der Waals surface area contributed by atoms with Gasteiger partial charge in [0.2, 0.25) is 0 Å². The van der Waals surface area contributed by atoms with Crippen LogP contribution in [0.1, 0.15) is 39.0 Å². The fourth-order valence-electron chi connectivity index (χ4n) is 3.53. The van der Waals surface area contributed by atoms with E-state index in [-0.39, 0.29) is 23.5 Å². The standard InChI is InChI=1S/C13H20O4/c1-3-8-6-9-10(4-5-11(9)14)13(16,7-8)12(15)17-2/h8-10,16H,3-7H2,1-2H3/t8-,9+,10+,13+/m1/s1. The monoisotopic (exact) mass is 240 g/mol. The van der Waals surface area contributed by atoms with Crippen LogP contribution < -0.4 is 0 Å². The molecule has 4 heteroatoms. The molecule has 2 aliphatic rings. The predicted octanol–water partition coefficient (Wildman–Crippen LogP) is 1.31. The van der Waals surface area contributed by atoms with Crippen LogP contribution in [0.5, 0.6) is 0 Å². The number of carbonyl (C=O) groups excluding carboxylic acids is 2. The molecule has 96 valence electrons. The van der Waals surface area contributed by atoms with E-state index in [0.717, 1.165) is 12.8 Å². The number of Topliss-reactive ketones (excluding diaryl/α,β-unsaturated/α-hetero) is 1. The molecule has 4 atom stereocenters. The van der Waals surface area contributed by atoms with Crippen molar-refractivity contribution in [2.75, 3.05) is 7.11 Å². The first-order valence-electron chi connectivity index (χ1n) is 6.36. The van der Waals surface area contributed by atoms with Crippen molar-refractivity contribution in [1.29, 1.82) is 0 Å². The minimum Gasteiger partial charge on any atom is -0.467 e. The molecule has 0 spiro atoms. The summed E-state index contributed by atoms with van der Waals surface area (Å²) in [5.41, 5.74) is -1.44. The zero-order valence-electron chi connectivity index (χ0n) is 10.4. The Morgan fingerprint density at radius 2 is 2.29 bits per heavy atom. The van der Waals surface area contributed by atoms with E-state index in [1.165, 1.54) is 7.11 Å². The topological polar surface area (TPSA) is 63.6 Å². The summed E-state index contributed by atoms with van der Waals surface area (Å²) in [4.78, 5) is 23.6. The Bertz CT molecular complexity index is 338. The molecule has 2 saturated carbocycles. The number of methoxy groups -OCH3 is 1. The molecule has 0 bridgehead atoms. The van der Waals surface area contributed by atoms with Gasteiger partial charge in [0.05, 0.1) is 7.11 Å². The molecule has 2 rings (SSSR count). The Labute approximate surface area is 101 Å². The van der Waals surface area contributed by atoms with E-state index >= 15 is 0 Å². The highest BCUT2D eigenvalue weighted by Gasteiger charge is 2.56. The number of hydrogen-bond acceptors (Lipinski definition) is 4. The van der Waals surface area contributed by atoms with Gasteiger partial charge in [-0.25, -0.2) is 4.79 Å². The SMILES string of the molecule is CC[C@@H]1C[C@@H]2C(=O)CC[C@@H]2[C@](O)(C(=O)OC)C1. The quantitative estimate of drug-likeness (QED) is 0.739. The van der Waals surface area contributed by atoms with Gasteiger partial charge in [0.15, 0.2) is 5.60 Å². The van der Waals surface area contributed by atoms with Crippen LogP contribution in [0.15, 0.2) is 0 Å². The van der Waals surface area contributed by atoms with Gasteiger partial charge >= 0.3 is 5.97 Å². The largest absolute Gasteiger partial charge is 0.467 e. The number of rotatable bonds is 2. The second kappa shape index (κ2) is 4.41. The molecule has 0 saturated heterocycles. The maximum absolute atomic E-state index is 11.8. The molecule has 2 aliphatic carbocycles. The lowest BCUT2D eigenvalue weighted by atomic mass is 9.65. The maximum Gasteiger partial charge on any atom is 0.338 e. The highest BCUT2D eigenvalue weighted by Crippen LogP contribution is 2.49. The highest BCUT2D eigenvalue weighted by molar-refractivity contribution is 5.87.